The number of benzene rings is 1. The fourth-order valence-corrected chi connectivity index (χ4v) is 5.77. The molecule has 3 nitrogen and oxygen atoms in total. The Morgan fingerprint density at radius 3 is 3.05 bits per heavy atom. The van der Waals surface area contributed by atoms with Crippen molar-refractivity contribution in [2.24, 2.45) is 5.92 Å². The van der Waals surface area contributed by atoms with Gasteiger partial charge in [0.1, 0.15) is 0 Å². The van der Waals surface area contributed by atoms with E-state index in [1.807, 2.05) is 0 Å². The number of fused-ring (bicyclic) bond motifs is 2. The highest BCUT2D eigenvalue weighted by Crippen LogP contribution is 2.60. The highest BCUT2D eigenvalue weighted by molar-refractivity contribution is 5.68. The van der Waals surface area contributed by atoms with Gasteiger partial charge in [0.15, 0.2) is 0 Å². The van der Waals surface area contributed by atoms with Crippen LogP contribution < -0.4 is 5.32 Å². The van der Waals surface area contributed by atoms with Crippen molar-refractivity contribution in [3.63, 3.8) is 0 Å². The van der Waals surface area contributed by atoms with Crippen LogP contribution >= 0.6 is 0 Å². The minimum absolute atomic E-state index is 0.00284. The highest BCUT2D eigenvalue weighted by Gasteiger charge is 2.66. The Balaban J connectivity index is 1.76. The average Bonchev–Trinajstić information content (AvgIpc) is 3.08. The molecule has 0 aromatic heterocycles. The van der Waals surface area contributed by atoms with E-state index in [0.717, 1.165) is 19.5 Å². The summed E-state index contributed by atoms with van der Waals surface area (Å²) in [5.74, 6) is 0.115. The number of piperidine rings is 1. The van der Waals surface area contributed by atoms with E-state index in [9.17, 15) is 5.11 Å². The van der Waals surface area contributed by atoms with Crippen molar-refractivity contribution in [1.29, 1.82) is 0 Å². The first-order valence-corrected chi connectivity index (χ1v) is 8.30. The third-order valence-electron chi connectivity index (χ3n) is 6.57. The fourth-order valence-electron chi connectivity index (χ4n) is 5.77. The third kappa shape index (κ3) is 1.23. The molecule has 0 amide bonds. The van der Waals surface area contributed by atoms with E-state index in [1.54, 1.807) is 0 Å². The second kappa shape index (κ2) is 4.03. The van der Waals surface area contributed by atoms with Crippen molar-refractivity contribution in [1.82, 2.24) is 4.90 Å². The minimum Gasteiger partial charge on any atom is -0.390 e. The Hall–Kier alpha value is -1.58. The molecule has 3 fully saturated rings. The molecule has 2 unspecified atom stereocenters. The first kappa shape index (κ1) is 12.9. The van der Waals surface area contributed by atoms with Gasteiger partial charge in [-0.25, -0.2) is 0 Å². The largest absolute Gasteiger partial charge is 0.390 e. The number of nitrogens with one attached hydrogen (secondary N) is 1. The Morgan fingerprint density at radius 2 is 2.23 bits per heavy atom. The summed E-state index contributed by atoms with van der Waals surface area (Å²) < 4.78 is 0. The Labute approximate surface area is 131 Å². The van der Waals surface area contributed by atoms with Crippen molar-refractivity contribution in [2.45, 2.75) is 36.9 Å². The molecule has 2 bridgehead atoms. The van der Waals surface area contributed by atoms with Crippen LogP contribution in [0.15, 0.2) is 48.1 Å². The molecule has 2 saturated heterocycles. The molecule has 1 saturated carbocycles. The van der Waals surface area contributed by atoms with Crippen LogP contribution in [0.3, 0.4) is 0 Å². The van der Waals surface area contributed by atoms with Gasteiger partial charge >= 0.3 is 0 Å². The predicted molar refractivity (Wildman–Crippen MR) is 87.9 cm³/mol. The van der Waals surface area contributed by atoms with Gasteiger partial charge in [-0.2, -0.15) is 0 Å². The summed E-state index contributed by atoms with van der Waals surface area (Å²) in [6.45, 7) is 8.57. The molecule has 1 aromatic carbocycles. The fraction of sp³-hybridized carbons (Fsp3) is 0.474. The van der Waals surface area contributed by atoms with Crippen LogP contribution in [0.1, 0.15) is 18.9 Å². The molecule has 114 valence electrons. The van der Waals surface area contributed by atoms with Crippen molar-refractivity contribution < 1.29 is 5.11 Å². The summed E-state index contributed by atoms with van der Waals surface area (Å²) >= 11 is 0. The maximum atomic E-state index is 11.1. The number of nitrogens with zero attached hydrogens (tertiary/aromatic N) is 1. The average molecular weight is 294 g/mol. The molecule has 22 heavy (non-hydrogen) atoms. The van der Waals surface area contributed by atoms with Gasteiger partial charge in [0.2, 0.25) is 0 Å². The lowest BCUT2D eigenvalue weighted by Gasteiger charge is -2.55. The topological polar surface area (TPSA) is 35.5 Å². The van der Waals surface area contributed by atoms with Crippen molar-refractivity contribution in [3.05, 3.63) is 53.6 Å². The number of hydrogen-bond acceptors (Lipinski definition) is 3. The zero-order valence-electron chi connectivity index (χ0n) is 12.9. The Morgan fingerprint density at radius 1 is 1.41 bits per heavy atom. The van der Waals surface area contributed by atoms with Crippen molar-refractivity contribution >= 4 is 5.69 Å². The first-order chi connectivity index (χ1) is 10.7. The highest BCUT2D eigenvalue weighted by atomic mass is 16.3. The smallest absolute Gasteiger partial charge is 0.0808 e. The molecule has 3 aliphatic heterocycles. The van der Waals surface area contributed by atoms with Crippen LogP contribution in [0.5, 0.6) is 0 Å². The zero-order valence-corrected chi connectivity index (χ0v) is 12.9. The second-order valence-corrected chi connectivity index (χ2v) is 7.24. The summed E-state index contributed by atoms with van der Waals surface area (Å²) in [5.41, 5.74) is 5.13. The van der Waals surface area contributed by atoms with Crippen molar-refractivity contribution in [2.75, 3.05) is 18.4 Å². The number of hydrogen-bond donors (Lipinski definition) is 2. The molecule has 3 heteroatoms. The van der Waals surface area contributed by atoms with Gasteiger partial charge in [-0.05, 0) is 37.1 Å². The van der Waals surface area contributed by atoms with Crippen LogP contribution in [0.25, 0.3) is 0 Å². The standard InChI is InChI=1S/C19H22N2O/c1-3-12-10-21-9-8-19-13-6-4-5-7-14(13)20-17(19)11(2)15(12)16(22)18(19)21/h3-7,15-18,20,22H,2,8-10H2,1H3/b12-3+/t15-,16?,17+,18+,19?/m1/s1. The summed E-state index contributed by atoms with van der Waals surface area (Å²) in [7, 11) is 0. The summed E-state index contributed by atoms with van der Waals surface area (Å²) in [6.07, 6.45) is 2.95. The van der Waals surface area contributed by atoms with Gasteiger partial charge in [0, 0.05) is 29.6 Å². The SMILES string of the molecule is C=C1[C@@H]2/C(=C/C)CN3CCC4(c5ccccc5N[C@@H]14)[C@@H]3C2O. The Bertz CT molecular complexity index is 709. The predicted octanol–water partition coefficient (Wildman–Crippen LogP) is 2.30. The van der Waals surface area contributed by atoms with E-state index in [-0.39, 0.29) is 29.5 Å². The molecule has 1 aliphatic carbocycles. The zero-order chi connectivity index (χ0) is 15.1. The number of para-hydroxylation sites is 1. The summed E-state index contributed by atoms with van der Waals surface area (Å²) in [4.78, 5) is 2.50. The number of anilines is 1. The molecular formula is C19H22N2O. The lowest BCUT2D eigenvalue weighted by molar-refractivity contribution is -0.0179. The monoisotopic (exact) mass is 294 g/mol. The van der Waals surface area contributed by atoms with E-state index < -0.39 is 0 Å². The second-order valence-electron chi connectivity index (χ2n) is 7.24. The molecule has 1 spiro atoms. The normalized spacial score (nSPS) is 43.9. The first-order valence-electron chi connectivity index (χ1n) is 8.30. The van der Waals surface area contributed by atoms with Gasteiger partial charge in [0.05, 0.1) is 12.1 Å². The minimum atomic E-state index is -0.334. The lowest BCUT2D eigenvalue weighted by Crippen LogP contribution is -2.66. The third-order valence-corrected chi connectivity index (χ3v) is 6.57. The number of aliphatic hydroxyl groups is 1. The number of rotatable bonds is 0. The molecule has 2 N–H and O–H groups in total. The molecule has 1 aromatic rings. The Kier molecular flexibility index (Phi) is 2.37. The van der Waals surface area contributed by atoms with Crippen LogP contribution in [-0.2, 0) is 5.41 Å². The molecule has 4 aliphatic rings. The van der Waals surface area contributed by atoms with Crippen molar-refractivity contribution in [3.8, 4) is 0 Å². The molecule has 0 radical (unpaired) electrons. The van der Waals surface area contributed by atoms with E-state index in [1.165, 1.54) is 22.4 Å². The van der Waals surface area contributed by atoms with Gasteiger partial charge in [-0.3, -0.25) is 4.90 Å². The maximum Gasteiger partial charge on any atom is 0.0808 e. The van der Waals surface area contributed by atoms with Crippen LogP contribution in [-0.4, -0.2) is 41.3 Å². The van der Waals surface area contributed by atoms with E-state index >= 15 is 0 Å². The molecule has 3 heterocycles. The summed E-state index contributed by atoms with van der Waals surface area (Å²) in [6, 6.07) is 9.11. The van der Waals surface area contributed by atoms with Gasteiger partial charge < -0.3 is 10.4 Å². The molecule has 5 rings (SSSR count). The van der Waals surface area contributed by atoms with E-state index in [4.69, 9.17) is 0 Å². The van der Waals surface area contributed by atoms with Gasteiger partial charge in [-0.15, -0.1) is 0 Å². The molecule has 5 atom stereocenters. The van der Waals surface area contributed by atoms with Gasteiger partial charge in [0.25, 0.3) is 0 Å². The maximum absolute atomic E-state index is 11.1. The quantitative estimate of drug-likeness (QED) is 0.721. The van der Waals surface area contributed by atoms with E-state index in [2.05, 4.69) is 54.1 Å². The number of aliphatic hydroxyl groups excluding tert-OH is 1. The van der Waals surface area contributed by atoms with Crippen LogP contribution in [0.4, 0.5) is 5.69 Å². The van der Waals surface area contributed by atoms with Gasteiger partial charge in [-0.1, -0.05) is 36.4 Å². The van der Waals surface area contributed by atoms with Crippen LogP contribution in [0, 0.1) is 5.92 Å². The lowest BCUT2D eigenvalue weighted by atomic mass is 9.57. The summed E-state index contributed by atoms with van der Waals surface area (Å²) in [5, 5.41) is 14.9. The molecular weight excluding hydrogens is 272 g/mol. The van der Waals surface area contributed by atoms with Crippen LogP contribution in [0.2, 0.25) is 0 Å². The van der Waals surface area contributed by atoms with E-state index in [0.29, 0.717) is 0 Å². The number of allylic oxidation sites excluding steroid dienone is 1.